The van der Waals surface area contributed by atoms with Crippen molar-refractivity contribution in [1.29, 1.82) is 0 Å². The van der Waals surface area contributed by atoms with Gasteiger partial charge in [-0.1, -0.05) is 0 Å². The molecule has 2 aromatic heterocycles. The lowest BCUT2D eigenvalue weighted by Gasteiger charge is -2.11. The van der Waals surface area contributed by atoms with Crippen LogP contribution in [0.25, 0.3) is 0 Å². The Morgan fingerprint density at radius 3 is 3.09 bits per heavy atom. The Labute approximate surface area is 134 Å². The summed E-state index contributed by atoms with van der Waals surface area (Å²) < 4.78 is 1.90. The minimum atomic E-state index is -0.115. The zero-order valence-electron chi connectivity index (χ0n) is 12.9. The third kappa shape index (κ3) is 2.83. The molecule has 0 aromatic carbocycles. The van der Waals surface area contributed by atoms with E-state index in [0.717, 1.165) is 36.2 Å². The highest BCUT2D eigenvalue weighted by molar-refractivity contribution is 7.10. The van der Waals surface area contributed by atoms with Gasteiger partial charge in [0.25, 0.3) is 5.91 Å². The van der Waals surface area contributed by atoms with E-state index in [0.29, 0.717) is 0 Å². The maximum Gasteiger partial charge on any atom is 0.272 e. The molecule has 0 fully saturated rings. The number of hydrogen-bond donors (Lipinski definition) is 1. The number of hydrazone groups is 1. The summed E-state index contributed by atoms with van der Waals surface area (Å²) in [5, 5.41) is 10.3. The standard InChI is InChI=1S/C16H20N4OS/c1-3-20-11(2)12(9-18-20)8-17-19-16(21)14-10-22-15-7-5-4-6-13(14)15/h8-10H,3-7H2,1-2H3,(H,19,21)/b17-8-. The molecule has 22 heavy (non-hydrogen) atoms. The molecular formula is C16H20N4OS. The zero-order valence-corrected chi connectivity index (χ0v) is 13.7. The monoisotopic (exact) mass is 316 g/mol. The highest BCUT2D eigenvalue weighted by atomic mass is 32.1. The lowest BCUT2D eigenvalue weighted by atomic mass is 9.96. The molecule has 0 unspecified atom stereocenters. The highest BCUT2D eigenvalue weighted by Gasteiger charge is 2.19. The van der Waals surface area contributed by atoms with E-state index in [9.17, 15) is 4.79 Å². The van der Waals surface area contributed by atoms with Crippen molar-refractivity contribution in [3.8, 4) is 0 Å². The van der Waals surface area contributed by atoms with Crippen molar-refractivity contribution < 1.29 is 4.79 Å². The van der Waals surface area contributed by atoms with Gasteiger partial charge in [-0.3, -0.25) is 9.48 Å². The highest BCUT2D eigenvalue weighted by Crippen LogP contribution is 2.30. The first-order chi connectivity index (χ1) is 10.7. The first-order valence-electron chi connectivity index (χ1n) is 7.65. The van der Waals surface area contributed by atoms with Crippen LogP contribution in [0.4, 0.5) is 0 Å². The Kier molecular flexibility index (Phi) is 4.38. The molecule has 0 spiro atoms. The Hall–Kier alpha value is -1.95. The van der Waals surface area contributed by atoms with Crippen LogP contribution in [0, 0.1) is 6.92 Å². The summed E-state index contributed by atoms with van der Waals surface area (Å²) in [6.07, 6.45) is 7.93. The number of aromatic nitrogens is 2. The van der Waals surface area contributed by atoms with E-state index in [1.54, 1.807) is 23.7 Å². The number of hydrogen-bond acceptors (Lipinski definition) is 4. The van der Waals surface area contributed by atoms with Crippen molar-refractivity contribution in [1.82, 2.24) is 15.2 Å². The summed E-state index contributed by atoms with van der Waals surface area (Å²) in [5.74, 6) is -0.115. The van der Waals surface area contributed by atoms with Crippen LogP contribution >= 0.6 is 11.3 Å². The SMILES string of the molecule is CCn1ncc(/C=N\NC(=O)c2csc3c2CCCC3)c1C. The Balaban J connectivity index is 1.68. The summed E-state index contributed by atoms with van der Waals surface area (Å²) in [6.45, 7) is 4.87. The maximum atomic E-state index is 12.3. The van der Waals surface area contributed by atoms with E-state index in [-0.39, 0.29) is 5.91 Å². The van der Waals surface area contributed by atoms with E-state index in [2.05, 4.69) is 15.6 Å². The van der Waals surface area contributed by atoms with Gasteiger partial charge >= 0.3 is 0 Å². The number of aryl methyl sites for hydroxylation is 2. The fourth-order valence-electron chi connectivity index (χ4n) is 2.81. The van der Waals surface area contributed by atoms with Gasteiger partial charge in [-0.05, 0) is 45.1 Å². The predicted molar refractivity (Wildman–Crippen MR) is 88.7 cm³/mol. The molecule has 0 atom stereocenters. The molecule has 1 aliphatic carbocycles. The van der Waals surface area contributed by atoms with E-state index in [4.69, 9.17) is 0 Å². The molecule has 1 aliphatic rings. The molecule has 0 radical (unpaired) electrons. The minimum Gasteiger partial charge on any atom is -0.269 e. The molecule has 0 bridgehead atoms. The van der Waals surface area contributed by atoms with Crippen molar-refractivity contribution in [2.45, 2.75) is 46.1 Å². The molecule has 1 amide bonds. The molecular weight excluding hydrogens is 296 g/mol. The van der Waals surface area contributed by atoms with Gasteiger partial charge in [-0.25, -0.2) is 5.43 Å². The first-order valence-corrected chi connectivity index (χ1v) is 8.53. The molecule has 1 N–H and O–H groups in total. The van der Waals surface area contributed by atoms with Crippen LogP contribution in [-0.2, 0) is 19.4 Å². The first kappa shape index (κ1) is 15.0. The van der Waals surface area contributed by atoms with Gasteiger partial charge in [-0.2, -0.15) is 10.2 Å². The van der Waals surface area contributed by atoms with Crippen molar-refractivity contribution >= 4 is 23.5 Å². The number of thiophene rings is 1. The van der Waals surface area contributed by atoms with Crippen LogP contribution in [0.1, 0.15) is 51.8 Å². The summed E-state index contributed by atoms with van der Waals surface area (Å²) in [6, 6.07) is 0. The lowest BCUT2D eigenvalue weighted by Crippen LogP contribution is -2.19. The van der Waals surface area contributed by atoms with Crippen LogP contribution in [0.15, 0.2) is 16.7 Å². The summed E-state index contributed by atoms with van der Waals surface area (Å²) >= 11 is 1.69. The third-order valence-electron chi connectivity index (χ3n) is 4.12. The number of rotatable bonds is 4. The van der Waals surface area contributed by atoms with Crippen LogP contribution in [0.3, 0.4) is 0 Å². The molecule has 5 nitrogen and oxygen atoms in total. The maximum absolute atomic E-state index is 12.3. The predicted octanol–water partition coefficient (Wildman–Crippen LogP) is 2.92. The fourth-order valence-corrected chi connectivity index (χ4v) is 3.94. The second-order valence-electron chi connectivity index (χ2n) is 5.46. The van der Waals surface area contributed by atoms with Crippen LogP contribution in [0.5, 0.6) is 0 Å². The number of nitrogens with zero attached hydrogens (tertiary/aromatic N) is 3. The number of carbonyl (C=O) groups excluding carboxylic acids is 1. The van der Waals surface area contributed by atoms with Gasteiger partial charge in [-0.15, -0.1) is 11.3 Å². The molecule has 2 aromatic rings. The summed E-state index contributed by atoms with van der Waals surface area (Å²) in [7, 11) is 0. The van der Waals surface area contributed by atoms with Crippen molar-refractivity contribution in [3.63, 3.8) is 0 Å². The normalized spacial score (nSPS) is 14.3. The van der Waals surface area contributed by atoms with E-state index in [1.807, 2.05) is 23.9 Å². The number of carbonyl (C=O) groups is 1. The number of fused-ring (bicyclic) bond motifs is 1. The van der Waals surface area contributed by atoms with Gasteiger partial charge in [0.1, 0.15) is 0 Å². The van der Waals surface area contributed by atoms with Gasteiger partial charge in [0.05, 0.1) is 18.0 Å². The quantitative estimate of drug-likeness (QED) is 0.696. The fraction of sp³-hybridized carbons (Fsp3) is 0.438. The number of nitrogens with one attached hydrogen (secondary N) is 1. The Morgan fingerprint density at radius 2 is 2.32 bits per heavy atom. The summed E-state index contributed by atoms with van der Waals surface area (Å²) in [5.41, 5.74) is 6.62. The van der Waals surface area contributed by atoms with Crippen LogP contribution in [0.2, 0.25) is 0 Å². The Morgan fingerprint density at radius 1 is 1.50 bits per heavy atom. The summed E-state index contributed by atoms with van der Waals surface area (Å²) in [4.78, 5) is 13.6. The van der Waals surface area contributed by atoms with Gasteiger partial charge in [0.15, 0.2) is 0 Å². The van der Waals surface area contributed by atoms with Crippen LogP contribution < -0.4 is 5.43 Å². The average molecular weight is 316 g/mol. The molecule has 0 saturated carbocycles. The van der Waals surface area contributed by atoms with E-state index >= 15 is 0 Å². The molecule has 0 aliphatic heterocycles. The Bertz CT molecular complexity index is 714. The second-order valence-corrected chi connectivity index (χ2v) is 6.42. The van der Waals surface area contributed by atoms with E-state index in [1.165, 1.54) is 23.3 Å². The molecule has 0 saturated heterocycles. The average Bonchev–Trinajstić information content (AvgIpc) is 3.11. The van der Waals surface area contributed by atoms with E-state index < -0.39 is 0 Å². The van der Waals surface area contributed by atoms with Crippen molar-refractivity contribution in [2.75, 3.05) is 0 Å². The van der Waals surface area contributed by atoms with Crippen molar-refractivity contribution in [3.05, 3.63) is 38.8 Å². The largest absolute Gasteiger partial charge is 0.272 e. The molecule has 3 rings (SSSR count). The van der Waals surface area contributed by atoms with Gasteiger partial charge in [0.2, 0.25) is 0 Å². The molecule has 2 heterocycles. The zero-order chi connectivity index (χ0) is 15.5. The van der Waals surface area contributed by atoms with Gasteiger partial charge in [0, 0.05) is 28.1 Å². The molecule has 6 heteroatoms. The topological polar surface area (TPSA) is 59.3 Å². The van der Waals surface area contributed by atoms with Crippen LogP contribution in [-0.4, -0.2) is 21.9 Å². The third-order valence-corrected chi connectivity index (χ3v) is 5.20. The second kappa shape index (κ2) is 6.44. The lowest BCUT2D eigenvalue weighted by molar-refractivity contribution is 0.0954. The minimum absolute atomic E-state index is 0.115. The van der Waals surface area contributed by atoms with Gasteiger partial charge < -0.3 is 0 Å². The number of amides is 1. The smallest absolute Gasteiger partial charge is 0.269 e. The van der Waals surface area contributed by atoms with Crippen molar-refractivity contribution in [2.24, 2.45) is 5.10 Å². The molecule has 116 valence electrons.